The van der Waals surface area contributed by atoms with Crippen LogP contribution < -0.4 is 10.1 Å². The zero-order chi connectivity index (χ0) is 12.1. The van der Waals surface area contributed by atoms with Gasteiger partial charge in [0.05, 0.1) is 0 Å². The van der Waals surface area contributed by atoms with E-state index in [0.717, 1.165) is 0 Å². The molecule has 1 atom stereocenters. The van der Waals surface area contributed by atoms with Gasteiger partial charge < -0.3 is 10.1 Å². The minimum atomic E-state index is -0.695. The molecular formula is C12H15F2NO. The molecule has 0 aliphatic heterocycles. The van der Waals surface area contributed by atoms with E-state index < -0.39 is 17.7 Å². The maximum absolute atomic E-state index is 13.5. The highest BCUT2D eigenvalue weighted by Gasteiger charge is 2.14. The number of hydrogen-bond donors (Lipinski definition) is 1. The van der Waals surface area contributed by atoms with Crippen molar-refractivity contribution in [1.82, 2.24) is 5.32 Å². The van der Waals surface area contributed by atoms with Crippen LogP contribution in [-0.4, -0.2) is 13.2 Å². The number of rotatable bonds is 5. The molecule has 1 N–H and O–H groups in total. The fourth-order valence-electron chi connectivity index (χ4n) is 1.27. The molecule has 0 aromatic heterocycles. The molecule has 2 nitrogen and oxygen atoms in total. The van der Waals surface area contributed by atoms with E-state index in [1.807, 2.05) is 0 Å². The summed E-state index contributed by atoms with van der Waals surface area (Å²) < 4.78 is 32.1. The van der Waals surface area contributed by atoms with Crippen LogP contribution in [0.25, 0.3) is 0 Å². The van der Waals surface area contributed by atoms with Crippen molar-refractivity contribution in [2.75, 3.05) is 7.05 Å². The van der Waals surface area contributed by atoms with Crippen LogP contribution in [0, 0.1) is 11.6 Å². The molecule has 0 aliphatic rings. The van der Waals surface area contributed by atoms with E-state index in [0.29, 0.717) is 12.1 Å². The second kappa shape index (κ2) is 5.61. The van der Waals surface area contributed by atoms with Gasteiger partial charge in [-0.1, -0.05) is 12.7 Å². The molecule has 1 aromatic carbocycles. The van der Waals surface area contributed by atoms with Crippen LogP contribution in [0.1, 0.15) is 12.5 Å². The normalized spacial score (nSPS) is 12.2. The van der Waals surface area contributed by atoms with Crippen LogP contribution >= 0.6 is 0 Å². The Morgan fingerprint density at radius 1 is 1.44 bits per heavy atom. The van der Waals surface area contributed by atoms with Crippen LogP contribution in [0.3, 0.4) is 0 Å². The summed E-state index contributed by atoms with van der Waals surface area (Å²) >= 11 is 0. The number of halogens is 2. The van der Waals surface area contributed by atoms with Crippen molar-refractivity contribution < 1.29 is 13.5 Å². The standard InChI is InChI=1S/C12H15F2NO/c1-4-8(2)16-12-10(13)5-9(7-15-3)6-11(12)14/h4-6,8,15H,1,7H2,2-3H3. The van der Waals surface area contributed by atoms with Crippen molar-refractivity contribution >= 4 is 0 Å². The molecule has 4 heteroatoms. The topological polar surface area (TPSA) is 21.3 Å². The molecule has 0 heterocycles. The maximum atomic E-state index is 13.5. The van der Waals surface area contributed by atoms with Gasteiger partial charge >= 0.3 is 0 Å². The Bertz CT molecular complexity index is 356. The molecule has 0 fully saturated rings. The Hall–Kier alpha value is -1.42. The monoisotopic (exact) mass is 227 g/mol. The van der Waals surface area contributed by atoms with Crippen molar-refractivity contribution in [3.8, 4) is 5.75 Å². The summed E-state index contributed by atoms with van der Waals surface area (Å²) in [5, 5.41) is 2.82. The number of benzene rings is 1. The molecule has 0 aliphatic carbocycles. The fourth-order valence-corrected chi connectivity index (χ4v) is 1.27. The third-order valence-corrected chi connectivity index (χ3v) is 2.07. The van der Waals surface area contributed by atoms with Gasteiger partial charge in [0.25, 0.3) is 0 Å². The molecule has 0 saturated heterocycles. The average molecular weight is 227 g/mol. The van der Waals surface area contributed by atoms with Gasteiger partial charge in [0, 0.05) is 6.54 Å². The van der Waals surface area contributed by atoms with Gasteiger partial charge in [-0.2, -0.15) is 0 Å². The van der Waals surface area contributed by atoms with E-state index in [1.54, 1.807) is 14.0 Å². The predicted molar refractivity (Wildman–Crippen MR) is 59.4 cm³/mol. The first-order chi connectivity index (χ1) is 7.58. The summed E-state index contributed by atoms with van der Waals surface area (Å²) in [5.74, 6) is -1.75. The molecule has 0 amide bonds. The van der Waals surface area contributed by atoms with Crippen molar-refractivity contribution in [2.24, 2.45) is 0 Å². The number of ether oxygens (including phenoxy) is 1. The van der Waals surface area contributed by atoms with Gasteiger partial charge in [0.15, 0.2) is 17.4 Å². The molecule has 1 rings (SSSR count). The van der Waals surface area contributed by atoms with Gasteiger partial charge in [-0.15, -0.1) is 0 Å². The van der Waals surface area contributed by atoms with E-state index in [9.17, 15) is 8.78 Å². The summed E-state index contributed by atoms with van der Waals surface area (Å²) in [4.78, 5) is 0. The smallest absolute Gasteiger partial charge is 0.191 e. The van der Waals surface area contributed by atoms with Gasteiger partial charge in [0.2, 0.25) is 0 Å². The zero-order valence-electron chi connectivity index (χ0n) is 9.39. The molecule has 0 spiro atoms. The van der Waals surface area contributed by atoms with Crippen LogP contribution in [0.4, 0.5) is 8.78 Å². The first-order valence-corrected chi connectivity index (χ1v) is 5.00. The van der Waals surface area contributed by atoms with Gasteiger partial charge in [-0.25, -0.2) is 8.78 Å². The van der Waals surface area contributed by atoms with E-state index >= 15 is 0 Å². The molecule has 1 aromatic rings. The van der Waals surface area contributed by atoms with Gasteiger partial charge in [-0.3, -0.25) is 0 Å². The van der Waals surface area contributed by atoms with Gasteiger partial charge in [-0.05, 0) is 31.7 Å². The van der Waals surface area contributed by atoms with E-state index in [1.165, 1.54) is 18.2 Å². The second-order valence-electron chi connectivity index (χ2n) is 3.48. The Labute approximate surface area is 93.9 Å². The average Bonchev–Trinajstić information content (AvgIpc) is 2.23. The summed E-state index contributed by atoms with van der Waals surface area (Å²) in [7, 11) is 1.71. The Balaban J connectivity index is 2.97. The Kier molecular flexibility index (Phi) is 4.43. The molecule has 88 valence electrons. The lowest BCUT2D eigenvalue weighted by Crippen LogP contribution is -2.11. The van der Waals surface area contributed by atoms with Gasteiger partial charge in [0.1, 0.15) is 6.10 Å². The van der Waals surface area contributed by atoms with Crippen LogP contribution in [0.2, 0.25) is 0 Å². The molecule has 16 heavy (non-hydrogen) atoms. The maximum Gasteiger partial charge on any atom is 0.191 e. The molecule has 0 saturated carbocycles. The Morgan fingerprint density at radius 3 is 2.44 bits per heavy atom. The first kappa shape index (κ1) is 12.6. The first-order valence-electron chi connectivity index (χ1n) is 5.00. The molecule has 1 unspecified atom stereocenters. The second-order valence-corrected chi connectivity index (χ2v) is 3.48. The highest BCUT2D eigenvalue weighted by molar-refractivity contribution is 5.31. The summed E-state index contributed by atoms with van der Waals surface area (Å²) in [6, 6.07) is 2.51. The summed E-state index contributed by atoms with van der Waals surface area (Å²) in [6.07, 6.45) is 1.04. The SMILES string of the molecule is C=CC(C)Oc1c(F)cc(CNC)cc1F. The highest BCUT2D eigenvalue weighted by atomic mass is 19.1. The van der Waals surface area contributed by atoms with Crippen molar-refractivity contribution in [2.45, 2.75) is 19.6 Å². The highest BCUT2D eigenvalue weighted by Crippen LogP contribution is 2.24. The van der Waals surface area contributed by atoms with Crippen LogP contribution in [-0.2, 0) is 6.54 Å². The van der Waals surface area contributed by atoms with E-state index in [2.05, 4.69) is 11.9 Å². The van der Waals surface area contributed by atoms with Crippen molar-refractivity contribution in [1.29, 1.82) is 0 Å². The third-order valence-electron chi connectivity index (χ3n) is 2.07. The number of hydrogen-bond acceptors (Lipinski definition) is 2. The molecule has 0 bridgehead atoms. The van der Waals surface area contributed by atoms with E-state index in [-0.39, 0.29) is 5.75 Å². The fraction of sp³-hybridized carbons (Fsp3) is 0.333. The largest absolute Gasteiger partial charge is 0.481 e. The summed E-state index contributed by atoms with van der Waals surface area (Å²) in [5.41, 5.74) is 0.538. The quantitative estimate of drug-likeness (QED) is 0.781. The zero-order valence-corrected chi connectivity index (χ0v) is 9.39. The lowest BCUT2D eigenvalue weighted by Gasteiger charge is -2.13. The van der Waals surface area contributed by atoms with Crippen LogP contribution in [0.5, 0.6) is 5.75 Å². The van der Waals surface area contributed by atoms with E-state index in [4.69, 9.17) is 4.74 Å². The summed E-state index contributed by atoms with van der Waals surface area (Å²) in [6.45, 7) is 5.55. The Morgan fingerprint density at radius 2 is 2.00 bits per heavy atom. The molecular weight excluding hydrogens is 212 g/mol. The minimum Gasteiger partial charge on any atom is -0.481 e. The van der Waals surface area contributed by atoms with Crippen molar-refractivity contribution in [3.05, 3.63) is 42.0 Å². The number of nitrogens with one attached hydrogen (secondary N) is 1. The van der Waals surface area contributed by atoms with Crippen molar-refractivity contribution in [3.63, 3.8) is 0 Å². The lowest BCUT2D eigenvalue weighted by molar-refractivity contribution is 0.243. The third kappa shape index (κ3) is 3.03. The predicted octanol–water partition coefficient (Wildman–Crippen LogP) is 2.64. The van der Waals surface area contributed by atoms with Crippen LogP contribution in [0.15, 0.2) is 24.8 Å². The molecule has 0 radical (unpaired) electrons. The lowest BCUT2D eigenvalue weighted by atomic mass is 10.2. The minimum absolute atomic E-state index is 0.354.